The molecule has 0 bridgehead atoms. The standard InChI is InChI=1S/C22H24N2O/c25-22-13-20(16-23-14-18-7-3-1-4-8-18)11-12-21(22)17-24-15-19-9-5-2-6-10-19/h1-13,23-25H,14-17H2. The zero-order valence-electron chi connectivity index (χ0n) is 14.3. The molecule has 3 nitrogen and oxygen atoms in total. The molecule has 0 heterocycles. The molecule has 0 unspecified atom stereocenters. The van der Waals surface area contributed by atoms with Gasteiger partial charge in [-0.25, -0.2) is 0 Å². The zero-order valence-corrected chi connectivity index (χ0v) is 14.3. The Morgan fingerprint density at radius 1 is 0.560 bits per heavy atom. The van der Waals surface area contributed by atoms with Crippen molar-refractivity contribution in [3.05, 3.63) is 101 Å². The van der Waals surface area contributed by atoms with Gasteiger partial charge in [0.05, 0.1) is 0 Å². The average Bonchev–Trinajstić information content (AvgIpc) is 2.65. The fraction of sp³-hybridized carbons (Fsp3) is 0.182. The van der Waals surface area contributed by atoms with E-state index in [0.29, 0.717) is 12.3 Å². The molecule has 25 heavy (non-hydrogen) atoms. The first-order valence-corrected chi connectivity index (χ1v) is 8.61. The lowest BCUT2D eigenvalue weighted by Gasteiger charge is -2.10. The summed E-state index contributed by atoms with van der Waals surface area (Å²) in [5.74, 6) is 0.347. The highest BCUT2D eigenvalue weighted by atomic mass is 16.3. The molecule has 3 aromatic carbocycles. The van der Waals surface area contributed by atoms with Crippen molar-refractivity contribution in [3.63, 3.8) is 0 Å². The third-order valence-electron chi connectivity index (χ3n) is 4.14. The van der Waals surface area contributed by atoms with Crippen molar-refractivity contribution in [1.82, 2.24) is 10.6 Å². The summed E-state index contributed by atoms with van der Waals surface area (Å²) in [6, 6.07) is 26.5. The smallest absolute Gasteiger partial charge is 0.120 e. The molecule has 0 saturated heterocycles. The molecule has 0 aliphatic heterocycles. The van der Waals surface area contributed by atoms with Crippen molar-refractivity contribution in [2.24, 2.45) is 0 Å². The predicted molar refractivity (Wildman–Crippen MR) is 102 cm³/mol. The van der Waals surface area contributed by atoms with Gasteiger partial charge < -0.3 is 15.7 Å². The van der Waals surface area contributed by atoms with Crippen molar-refractivity contribution in [1.29, 1.82) is 0 Å². The molecular weight excluding hydrogens is 308 g/mol. The summed E-state index contributed by atoms with van der Waals surface area (Å²) in [7, 11) is 0. The molecule has 3 rings (SSSR count). The topological polar surface area (TPSA) is 44.3 Å². The van der Waals surface area contributed by atoms with Crippen LogP contribution in [0.5, 0.6) is 5.75 Å². The van der Waals surface area contributed by atoms with E-state index in [-0.39, 0.29) is 0 Å². The van der Waals surface area contributed by atoms with Gasteiger partial charge in [0, 0.05) is 31.7 Å². The van der Waals surface area contributed by atoms with Crippen LogP contribution in [-0.2, 0) is 26.2 Å². The number of benzene rings is 3. The monoisotopic (exact) mass is 332 g/mol. The van der Waals surface area contributed by atoms with E-state index in [0.717, 1.165) is 30.8 Å². The summed E-state index contributed by atoms with van der Waals surface area (Å²) < 4.78 is 0. The SMILES string of the molecule is Oc1cc(CNCc2ccccc2)ccc1CNCc1ccccc1. The van der Waals surface area contributed by atoms with Crippen LogP contribution in [0.2, 0.25) is 0 Å². The van der Waals surface area contributed by atoms with Gasteiger partial charge >= 0.3 is 0 Å². The molecule has 0 atom stereocenters. The van der Waals surface area contributed by atoms with Crippen LogP contribution < -0.4 is 10.6 Å². The maximum Gasteiger partial charge on any atom is 0.120 e. The Morgan fingerprint density at radius 3 is 1.64 bits per heavy atom. The largest absolute Gasteiger partial charge is 0.508 e. The van der Waals surface area contributed by atoms with E-state index >= 15 is 0 Å². The summed E-state index contributed by atoms with van der Waals surface area (Å²) in [4.78, 5) is 0. The highest BCUT2D eigenvalue weighted by Gasteiger charge is 2.03. The number of aromatic hydroxyl groups is 1. The maximum absolute atomic E-state index is 10.2. The second-order valence-electron chi connectivity index (χ2n) is 6.14. The highest BCUT2D eigenvalue weighted by Crippen LogP contribution is 2.19. The molecular formula is C22H24N2O. The Hall–Kier alpha value is -2.62. The van der Waals surface area contributed by atoms with E-state index in [2.05, 4.69) is 41.0 Å². The lowest BCUT2D eigenvalue weighted by Crippen LogP contribution is -2.14. The van der Waals surface area contributed by atoms with Crippen molar-refractivity contribution in [3.8, 4) is 5.75 Å². The van der Waals surface area contributed by atoms with Crippen molar-refractivity contribution in [2.45, 2.75) is 26.2 Å². The Morgan fingerprint density at radius 2 is 1.08 bits per heavy atom. The van der Waals surface area contributed by atoms with Gasteiger partial charge in [0.25, 0.3) is 0 Å². The molecule has 0 aliphatic carbocycles. The molecule has 128 valence electrons. The molecule has 0 spiro atoms. The molecule has 0 aromatic heterocycles. The summed E-state index contributed by atoms with van der Waals surface area (Å²) in [6.45, 7) is 3.00. The normalized spacial score (nSPS) is 10.7. The maximum atomic E-state index is 10.2. The number of hydrogen-bond acceptors (Lipinski definition) is 3. The number of phenolic OH excluding ortho intramolecular Hbond substituents is 1. The third kappa shape index (κ3) is 5.45. The van der Waals surface area contributed by atoms with Gasteiger partial charge in [0.15, 0.2) is 0 Å². The van der Waals surface area contributed by atoms with E-state index in [1.165, 1.54) is 11.1 Å². The van der Waals surface area contributed by atoms with E-state index in [1.807, 2.05) is 48.5 Å². The van der Waals surface area contributed by atoms with Crippen LogP contribution in [0.4, 0.5) is 0 Å². The molecule has 0 fully saturated rings. The Bertz CT molecular complexity index is 773. The summed E-state index contributed by atoms with van der Waals surface area (Å²) in [6.07, 6.45) is 0. The Balaban J connectivity index is 1.47. The fourth-order valence-electron chi connectivity index (χ4n) is 2.75. The molecule has 3 aromatic rings. The Labute approximate surface area is 149 Å². The van der Waals surface area contributed by atoms with E-state index in [9.17, 15) is 5.11 Å². The Kier molecular flexibility index (Phi) is 6.21. The van der Waals surface area contributed by atoms with Crippen molar-refractivity contribution < 1.29 is 5.11 Å². The van der Waals surface area contributed by atoms with Gasteiger partial charge in [0.1, 0.15) is 5.75 Å². The lowest BCUT2D eigenvalue weighted by molar-refractivity contribution is 0.463. The average molecular weight is 332 g/mol. The highest BCUT2D eigenvalue weighted by molar-refractivity contribution is 5.36. The van der Waals surface area contributed by atoms with Crippen LogP contribution in [0.15, 0.2) is 78.9 Å². The molecule has 0 aliphatic rings. The fourth-order valence-corrected chi connectivity index (χ4v) is 2.75. The van der Waals surface area contributed by atoms with Gasteiger partial charge in [-0.3, -0.25) is 0 Å². The molecule has 3 heteroatoms. The third-order valence-corrected chi connectivity index (χ3v) is 4.14. The van der Waals surface area contributed by atoms with Crippen LogP contribution in [0.25, 0.3) is 0 Å². The van der Waals surface area contributed by atoms with Crippen LogP contribution in [0, 0.1) is 0 Å². The number of phenols is 1. The zero-order chi connectivity index (χ0) is 17.3. The lowest BCUT2D eigenvalue weighted by atomic mass is 10.1. The minimum absolute atomic E-state index is 0.347. The molecule has 0 saturated carbocycles. The van der Waals surface area contributed by atoms with Gasteiger partial charge in [-0.2, -0.15) is 0 Å². The minimum atomic E-state index is 0.347. The first-order valence-electron chi connectivity index (χ1n) is 8.61. The molecule has 3 N–H and O–H groups in total. The van der Waals surface area contributed by atoms with Gasteiger partial charge in [-0.15, -0.1) is 0 Å². The first-order chi connectivity index (χ1) is 12.3. The molecule has 0 amide bonds. The molecule has 0 radical (unpaired) electrons. The minimum Gasteiger partial charge on any atom is -0.508 e. The predicted octanol–water partition coefficient (Wildman–Crippen LogP) is 3.97. The number of hydrogen-bond donors (Lipinski definition) is 3. The van der Waals surface area contributed by atoms with E-state index in [4.69, 9.17) is 0 Å². The second kappa shape index (κ2) is 9.02. The quantitative estimate of drug-likeness (QED) is 0.585. The number of rotatable bonds is 8. The van der Waals surface area contributed by atoms with Gasteiger partial charge in [0.2, 0.25) is 0 Å². The second-order valence-corrected chi connectivity index (χ2v) is 6.14. The van der Waals surface area contributed by atoms with Crippen LogP contribution in [-0.4, -0.2) is 5.11 Å². The summed E-state index contributed by atoms with van der Waals surface area (Å²) >= 11 is 0. The van der Waals surface area contributed by atoms with Gasteiger partial charge in [-0.05, 0) is 22.8 Å². The van der Waals surface area contributed by atoms with E-state index < -0.39 is 0 Å². The van der Waals surface area contributed by atoms with Crippen LogP contribution in [0.1, 0.15) is 22.3 Å². The summed E-state index contributed by atoms with van der Waals surface area (Å²) in [5, 5.41) is 17.0. The van der Waals surface area contributed by atoms with Crippen LogP contribution >= 0.6 is 0 Å². The van der Waals surface area contributed by atoms with Crippen molar-refractivity contribution in [2.75, 3.05) is 0 Å². The number of nitrogens with one attached hydrogen (secondary N) is 2. The van der Waals surface area contributed by atoms with Crippen LogP contribution in [0.3, 0.4) is 0 Å². The first kappa shape index (κ1) is 17.2. The van der Waals surface area contributed by atoms with Gasteiger partial charge in [-0.1, -0.05) is 72.8 Å². The van der Waals surface area contributed by atoms with E-state index in [1.54, 1.807) is 0 Å². The summed E-state index contributed by atoms with van der Waals surface area (Å²) in [5.41, 5.74) is 4.50. The van der Waals surface area contributed by atoms with Crippen molar-refractivity contribution >= 4 is 0 Å².